The van der Waals surface area contributed by atoms with Crippen LogP contribution in [0.2, 0.25) is 0 Å². The summed E-state index contributed by atoms with van der Waals surface area (Å²) < 4.78 is 28.1. The lowest BCUT2D eigenvalue weighted by Gasteiger charge is -2.13. The first kappa shape index (κ1) is 26.3. The van der Waals surface area contributed by atoms with E-state index in [1.165, 1.54) is 22.9 Å². The number of pyridine rings is 1. The molecule has 4 aromatic rings. The van der Waals surface area contributed by atoms with Crippen LogP contribution in [0, 0.1) is 13.8 Å². The molecule has 0 spiro atoms. The van der Waals surface area contributed by atoms with Crippen molar-refractivity contribution in [2.45, 2.75) is 18.1 Å². The molecule has 3 N–H and O–H groups in total. The fourth-order valence-electron chi connectivity index (χ4n) is 3.58. The standard InChI is InChI=1S/C24H27N7O4S2/c1-15-5-10-22(36-15)37(34,35)29-24(33)28-18-7-9-21(26-14-18)31-16(2)27-20-13-17(25-11-12-30(3)4)6-8-19(20)23(31)32/h5-10,13-14,25H,11-12H2,1-4H3,(H2,28,29,33). The monoisotopic (exact) mass is 541 g/mol. The minimum Gasteiger partial charge on any atom is -0.384 e. The molecule has 13 heteroatoms. The Morgan fingerprint density at radius 2 is 1.84 bits per heavy atom. The van der Waals surface area contributed by atoms with Gasteiger partial charge in [-0.2, -0.15) is 0 Å². The molecular formula is C24H27N7O4S2. The highest BCUT2D eigenvalue weighted by atomic mass is 32.2. The van der Waals surface area contributed by atoms with Crippen LogP contribution in [0.5, 0.6) is 0 Å². The predicted molar refractivity (Wildman–Crippen MR) is 145 cm³/mol. The number of thiophene rings is 1. The fraction of sp³-hybridized carbons (Fsp3) is 0.250. The maximum Gasteiger partial charge on any atom is 0.333 e. The van der Waals surface area contributed by atoms with E-state index < -0.39 is 16.1 Å². The largest absolute Gasteiger partial charge is 0.384 e. The van der Waals surface area contributed by atoms with Crippen molar-refractivity contribution in [3.63, 3.8) is 0 Å². The van der Waals surface area contributed by atoms with Crippen molar-refractivity contribution in [3.05, 3.63) is 69.7 Å². The highest BCUT2D eigenvalue weighted by molar-refractivity contribution is 7.92. The lowest BCUT2D eigenvalue weighted by atomic mass is 10.2. The van der Waals surface area contributed by atoms with E-state index in [9.17, 15) is 18.0 Å². The first-order valence-electron chi connectivity index (χ1n) is 11.3. The van der Waals surface area contributed by atoms with Crippen molar-refractivity contribution in [2.75, 3.05) is 37.8 Å². The molecule has 194 valence electrons. The summed E-state index contributed by atoms with van der Waals surface area (Å²) in [5, 5.41) is 6.21. The molecule has 0 aliphatic rings. The van der Waals surface area contributed by atoms with Gasteiger partial charge >= 0.3 is 6.03 Å². The van der Waals surface area contributed by atoms with Gasteiger partial charge in [0.15, 0.2) is 0 Å². The molecule has 0 unspecified atom stereocenters. The summed E-state index contributed by atoms with van der Waals surface area (Å²) in [5.74, 6) is 0.768. The summed E-state index contributed by atoms with van der Waals surface area (Å²) in [6, 6.07) is 10.7. The van der Waals surface area contributed by atoms with Gasteiger partial charge in [-0.25, -0.2) is 32.5 Å². The van der Waals surface area contributed by atoms with Crippen molar-refractivity contribution in [1.29, 1.82) is 0 Å². The van der Waals surface area contributed by atoms with Crippen LogP contribution in [0.15, 0.2) is 57.7 Å². The highest BCUT2D eigenvalue weighted by Gasteiger charge is 2.19. The Kier molecular flexibility index (Phi) is 7.57. The Bertz CT molecular complexity index is 1610. The topological polar surface area (TPSA) is 138 Å². The molecule has 0 aliphatic carbocycles. The van der Waals surface area contributed by atoms with E-state index in [-0.39, 0.29) is 15.5 Å². The fourth-order valence-corrected chi connectivity index (χ4v) is 5.77. The van der Waals surface area contributed by atoms with Crippen LogP contribution < -0.4 is 20.9 Å². The molecule has 0 saturated heterocycles. The number of anilines is 2. The maximum atomic E-state index is 13.2. The third kappa shape index (κ3) is 6.13. The van der Waals surface area contributed by atoms with E-state index in [2.05, 4.69) is 25.5 Å². The van der Waals surface area contributed by atoms with Crippen molar-refractivity contribution < 1.29 is 13.2 Å². The van der Waals surface area contributed by atoms with Gasteiger partial charge in [0.05, 0.1) is 22.8 Å². The zero-order chi connectivity index (χ0) is 26.7. The number of carbonyl (C=O) groups is 1. The number of sulfonamides is 1. The molecule has 0 radical (unpaired) electrons. The molecule has 1 aromatic carbocycles. The number of benzene rings is 1. The van der Waals surface area contributed by atoms with Crippen molar-refractivity contribution in [1.82, 2.24) is 24.2 Å². The zero-order valence-corrected chi connectivity index (χ0v) is 22.4. The van der Waals surface area contributed by atoms with Crippen molar-refractivity contribution >= 4 is 49.7 Å². The number of likely N-dealkylation sites (N-methyl/N-ethyl adjacent to an activating group) is 1. The second kappa shape index (κ2) is 10.7. The molecule has 0 saturated carbocycles. The lowest BCUT2D eigenvalue weighted by Crippen LogP contribution is -2.34. The normalized spacial score (nSPS) is 11.6. The number of aryl methyl sites for hydroxylation is 2. The Morgan fingerprint density at radius 1 is 1.08 bits per heavy atom. The van der Waals surface area contributed by atoms with Gasteiger partial charge in [0, 0.05) is 23.7 Å². The number of carbonyl (C=O) groups excluding carboxylic acids is 1. The first-order chi connectivity index (χ1) is 17.5. The van der Waals surface area contributed by atoms with E-state index >= 15 is 0 Å². The van der Waals surface area contributed by atoms with Gasteiger partial charge in [-0.05, 0) is 70.4 Å². The van der Waals surface area contributed by atoms with Crippen LogP contribution in [-0.4, -0.2) is 61.1 Å². The number of aromatic nitrogens is 3. The minimum absolute atomic E-state index is 0.0451. The minimum atomic E-state index is -3.98. The Morgan fingerprint density at radius 3 is 2.49 bits per heavy atom. The Hall–Kier alpha value is -3.81. The van der Waals surface area contributed by atoms with Crippen LogP contribution in [0.25, 0.3) is 16.7 Å². The number of nitrogens with one attached hydrogen (secondary N) is 3. The van der Waals surface area contributed by atoms with Crippen LogP contribution in [0.3, 0.4) is 0 Å². The number of urea groups is 1. The summed E-state index contributed by atoms with van der Waals surface area (Å²) in [6.45, 7) is 5.12. The molecule has 2 amide bonds. The molecule has 4 rings (SSSR count). The molecule has 3 aromatic heterocycles. The van der Waals surface area contributed by atoms with Gasteiger partial charge in [0.2, 0.25) is 0 Å². The second-order valence-corrected chi connectivity index (χ2v) is 11.8. The van der Waals surface area contributed by atoms with E-state index in [4.69, 9.17) is 0 Å². The maximum absolute atomic E-state index is 13.2. The van der Waals surface area contributed by atoms with Gasteiger partial charge in [0.1, 0.15) is 15.9 Å². The lowest BCUT2D eigenvalue weighted by molar-refractivity contribution is 0.256. The van der Waals surface area contributed by atoms with E-state index in [1.54, 1.807) is 32.0 Å². The Labute approximate surface area is 218 Å². The number of fused-ring (bicyclic) bond motifs is 1. The van der Waals surface area contributed by atoms with Gasteiger partial charge < -0.3 is 15.5 Å². The van der Waals surface area contributed by atoms with E-state index in [0.717, 1.165) is 35.0 Å². The smallest absolute Gasteiger partial charge is 0.333 e. The number of rotatable bonds is 8. The first-order valence-corrected chi connectivity index (χ1v) is 13.6. The summed E-state index contributed by atoms with van der Waals surface area (Å²) in [4.78, 5) is 37.2. The molecule has 0 fully saturated rings. The second-order valence-electron chi connectivity index (χ2n) is 8.59. The molecule has 0 bridgehead atoms. The van der Waals surface area contributed by atoms with Gasteiger partial charge in [0.25, 0.3) is 15.6 Å². The molecule has 3 heterocycles. The third-order valence-corrected chi connectivity index (χ3v) is 8.19. The molecule has 11 nitrogen and oxygen atoms in total. The molecule has 0 aliphatic heterocycles. The third-order valence-electron chi connectivity index (χ3n) is 5.37. The zero-order valence-electron chi connectivity index (χ0n) is 20.8. The predicted octanol–water partition coefficient (Wildman–Crippen LogP) is 2.94. The number of nitrogens with zero attached hydrogens (tertiary/aromatic N) is 4. The highest BCUT2D eigenvalue weighted by Crippen LogP contribution is 2.21. The number of hydrogen-bond donors (Lipinski definition) is 3. The van der Waals surface area contributed by atoms with Gasteiger partial charge in [-0.1, -0.05) is 0 Å². The molecular weight excluding hydrogens is 514 g/mol. The quantitative estimate of drug-likeness (QED) is 0.310. The average molecular weight is 542 g/mol. The molecule has 37 heavy (non-hydrogen) atoms. The van der Waals surface area contributed by atoms with E-state index in [1.807, 2.05) is 31.0 Å². The summed E-state index contributed by atoms with van der Waals surface area (Å²) in [7, 11) is 0.0182. The Balaban J connectivity index is 1.50. The molecule has 0 atom stereocenters. The van der Waals surface area contributed by atoms with Crippen LogP contribution in [0.1, 0.15) is 10.7 Å². The van der Waals surface area contributed by atoms with Gasteiger partial charge in [-0.3, -0.25) is 4.79 Å². The van der Waals surface area contributed by atoms with E-state index in [0.29, 0.717) is 22.5 Å². The number of amides is 2. The van der Waals surface area contributed by atoms with Crippen LogP contribution in [-0.2, 0) is 10.0 Å². The number of hydrogen-bond acceptors (Lipinski definition) is 9. The van der Waals surface area contributed by atoms with Crippen molar-refractivity contribution in [3.8, 4) is 5.82 Å². The average Bonchev–Trinajstić information content (AvgIpc) is 3.27. The SMILES string of the molecule is Cc1ccc(S(=O)(=O)NC(=O)Nc2ccc(-n3c(C)nc4cc(NCCN(C)C)ccc4c3=O)nc2)s1. The van der Waals surface area contributed by atoms with Crippen molar-refractivity contribution in [2.24, 2.45) is 0 Å². The summed E-state index contributed by atoms with van der Waals surface area (Å²) in [5.41, 5.74) is 1.43. The van der Waals surface area contributed by atoms with Gasteiger partial charge in [-0.15, -0.1) is 11.3 Å². The summed E-state index contributed by atoms with van der Waals surface area (Å²) >= 11 is 1.06. The van der Waals surface area contributed by atoms with Crippen LogP contribution in [0.4, 0.5) is 16.2 Å². The van der Waals surface area contributed by atoms with Crippen LogP contribution >= 0.6 is 11.3 Å². The summed E-state index contributed by atoms with van der Waals surface area (Å²) in [6.07, 6.45) is 1.34.